The Kier molecular flexibility index (Phi) is 5.54. The molecule has 3 amide bonds. The molecular formula is C25H26ClN3O4. The van der Waals surface area contributed by atoms with Gasteiger partial charge in [-0.25, -0.2) is 4.79 Å². The summed E-state index contributed by atoms with van der Waals surface area (Å²) in [5.41, 5.74) is 8.40. The Hall–Kier alpha value is -3.03. The van der Waals surface area contributed by atoms with E-state index in [9.17, 15) is 14.7 Å². The molecule has 0 radical (unpaired) electrons. The fourth-order valence-electron chi connectivity index (χ4n) is 5.38. The van der Waals surface area contributed by atoms with Crippen LogP contribution in [0.3, 0.4) is 0 Å². The summed E-state index contributed by atoms with van der Waals surface area (Å²) in [4.78, 5) is 24.7. The Morgan fingerprint density at radius 1 is 1.18 bits per heavy atom. The van der Waals surface area contributed by atoms with Crippen molar-refractivity contribution in [3.05, 3.63) is 64.9 Å². The van der Waals surface area contributed by atoms with Crippen molar-refractivity contribution in [2.75, 3.05) is 11.9 Å². The number of halogens is 1. The number of nitrogens with one attached hydrogen (secondary N) is 2. The lowest BCUT2D eigenvalue weighted by atomic mass is 9.73. The van der Waals surface area contributed by atoms with Gasteiger partial charge in [-0.15, -0.1) is 11.6 Å². The third kappa shape index (κ3) is 3.65. The van der Waals surface area contributed by atoms with E-state index in [2.05, 4.69) is 10.6 Å². The number of anilines is 1. The number of alkyl halides is 1. The van der Waals surface area contributed by atoms with Crippen molar-refractivity contribution >= 4 is 40.2 Å². The number of rotatable bonds is 5. The standard InChI is InChI=1S/C25H26ClN3O4/c26-20(14-7-3-1-4-8-14)17(13-30)16-11-15-12-18(23(27)31)33-22(15)19-21(16)28-24(32)29-25(19)9-5-2-6-10-25/h1,3-4,7-8,11-12,17,20,30H,2,5-6,9-10,13H2,(H2,27,31)(H2,28,29,32). The van der Waals surface area contributed by atoms with Gasteiger partial charge < -0.3 is 25.9 Å². The van der Waals surface area contributed by atoms with Crippen molar-refractivity contribution in [3.63, 3.8) is 0 Å². The third-order valence-electron chi connectivity index (χ3n) is 6.92. The molecule has 1 aliphatic heterocycles. The number of urea groups is 1. The van der Waals surface area contributed by atoms with Gasteiger partial charge >= 0.3 is 6.03 Å². The Bertz CT molecular complexity index is 1220. The van der Waals surface area contributed by atoms with Crippen LogP contribution < -0.4 is 16.4 Å². The molecule has 1 aromatic heterocycles. The number of nitrogens with two attached hydrogens (primary N) is 1. The largest absolute Gasteiger partial charge is 0.450 e. The Labute approximate surface area is 196 Å². The van der Waals surface area contributed by atoms with Crippen molar-refractivity contribution in [1.29, 1.82) is 0 Å². The van der Waals surface area contributed by atoms with Gasteiger partial charge in [-0.1, -0.05) is 49.6 Å². The second-order valence-electron chi connectivity index (χ2n) is 8.93. The average Bonchev–Trinajstić information content (AvgIpc) is 3.24. The zero-order chi connectivity index (χ0) is 23.2. The lowest BCUT2D eigenvalue weighted by Crippen LogP contribution is -2.53. The van der Waals surface area contributed by atoms with Gasteiger partial charge in [0.15, 0.2) is 5.76 Å². The second kappa shape index (κ2) is 8.39. The van der Waals surface area contributed by atoms with Crippen LogP contribution in [0.4, 0.5) is 10.5 Å². The Balaban J connectivity index is 1.77. The number of hydrogen-bond donors (Lipinski definition) is 4. The average molecular weight is 468 g/mol. The van der Waals surface area contributed by atoms with Crippen molar-refractivity contribution in [3.8, 4) is 0 Å². The number of furan rings is 1. The smallest absolute Gasteiger partial charge is 0.319 e. The number of fused-ring (bicyclic) bond motifs is 4. The number of carbonyl (C=O) groups excluding carboxylic acids is 2. The minimum absolute atomic E-state index is 0.0539. The number of aliphatic hydroxyl groups is 1. The van der Waals surface area contributed by atoms with Crippen LogP contribution in [0.25, 0.3) is 11.0 Å². The Morgan fingerprint density at radius 3 is 2.58 bits per heavy atom. The summed E-state index contributed by atoms with van der Waals surface area (Å²) in [6.45, 7) is -0.224. The molecule has 2 unspecified atom stereocenters. The first kappa shape index (κ1) is 21.8. The number of carbonyl (C=O) groups is 2. The molecule has 172 valence electrons. The molecule has 1 aliphatic carbocycles. The molecule has 2 aromatic carbocycles. The van der Waals surface area contributed by atoms with Gasteiger partial charge in [0.05, 0.1) is 23.2 Å². The van der Waals surface area contributed by atoms with Crippen molar-refractivity contribution in [2.45, 2.75) is 48.9 Å². The maximum absolute atomic E-state index is 12.8. The van der Waals surface area contributed by atoms with E-state index in [-0.39, 0.29) is 18.4 Å². The molecule has 0 bridgehead atoms. The predicted molar refractivity (Wildman–Crippen MR) is 127 cm³/mol. The molecule has 2 aliphatic rings. The van der Waals surface area contributed by atoms with E-state index in [1.165, 1.54) is 0 Å². The number of primary amides is 1. The molecule has 8 heteroatoms. The van der Waals surface area contributed by atoms with Crippen molar-refractivity contribution < 1.29 is 19.1 Å². The van der Waals surface area contributed by atoms with Crippen LogP contribution in [0.15, 0.2) is 46.9 Å². The second-order valence-corrected chi connectivity index (χ2v) is 9.40. The van der Waals surface area contributed by atoms with Gasteiger partial charge in [-0.3, -0.25) is 4.79 Å². The summed E-state index contributed by atoms with van der Waals surface area (Å²) >= 11 is 6.88. The van der Waals surface area contributed by atoms with E-state index in [1.807, 2.05) is 36.4 Å². The lowest BCUT2D eigenvalue weighted by Gasteiger charge is -2.43. The van der Waals surface area contributed by atoms with E-state index < -0.39 is 22.7 Å². The van der Waals surface area contributed by atoms with Crippen LogP contribution in [-0.4, -0.2) is 23.7 Å². The number of amides is 3. The molecule has 1 saturated carbocycles. The summed E-state index contributed by atoms with van der Waals surface area (Å²) in [5, 5.41) is 16.7. The molecule has 5 rings (SSSR count). The predicted octanol–water partition coefficient (Wildman–Crippen LogP) is 4.88. The zero-order valence-electron chi connectivity index (χ0n) is 18.1. The molecule has 0 saturated heterocycles. The maximum Gasteiger partial charge on any atom is 0.319 e. The monoisotopic (exact) mass is 467 g/mol. The molecule has 3 aromatic rings. The van der Waals surface area contributed by atoms with Crippen LogP contribution in [-0.2, 0) is 5.54 Å². The van der Waals surface area contributed by atoms with Crippen molar-refractivity contribution in [2.24, 2.45) is 5.73 Å². The quantitative estimate of drug-likeness (QED) is 0.400. The summed E-state index contributed by atoms with van der Waals surface area (Å²) < 4.78 is 5.94. The molecule has 33 heavy (non-hydrogen) atoms. The lowest BCUT2D eigenvalue weighted by molar-refractivity contribution is 0.0975. The van der Waals surface area contributed by atoms with Gasteiger partial charge in [-0.2, -0.15) is 0 Å². The van der Waals surface area contributed by atoms with Crippen LogP contribution in [0.1, 0.15) is 70.6 Å². The first-order chi connectivity index (χ1) is 15.9. The van der Waals surface area contributed by atoms with Gasteiger partial charge in [0, 0.05) is 16.9 Å². The number of benzene rings is 2. The van der Waals surface area contributed by atoms with Gasteiger partial charge in [0.2, 0.25) is 0 Å². The van der Waals surface area contributed by atoms with E-state index >= 15 is 0 Å². The summed E-state index contributed by atoms with van der Waals surface area (Å²) in [6, 6.07) is 12.7. The molecule has 1 fully saturated rings. The van der Waals surface area contributed by atoms with E-state index in [1.54, 1.807) is 6.07 Å². The normalized spacial score (nSPS) is 18.9. The molecule has 2 heterocycles. The van der Waals surface area contributed by atoms with Crippen LogP contribution in [0, 0.1) is 0 Å². The van der Waals surface area contributed by atoms with Gasteiger partial charge in [0.1, 0.15) is 5.58 Å². The highest BCUT2D eigenvalue weighted by atomic mass is 35.5. The van der Waals surface area contributed by atoms with Crippen molar-refractivity contribution in [1.82, 2.24) is 5.32 Å². The van der Waals surface area contributed by atoms with E-state index in [4.69, 9.17) is 21.8 Å². The zero-order valence-corrected chi connectivity index (χ0v) is 18.8. The summed E-state index contributed by atoms with van der Waals surface area (Å²) in [5.74, 6) is -1.11. The topological polar surface area (TPSA) is 118 Å². The highest BCUT2D eigenvalue weighted by molar-refractivity contribution is 6.21. The SMILES string of the molecule is NC(=O)c1cc2cc(C(CO)C(Cl)c3ccccc3)c3c(c2o1)C1(CCCCC1)NC(=O)N3. The molecule has 7 nitrogen and oxygen atoms in total. The number of aliphatic hydroxyl groups excluding tert-OH is 1. The molecular weight excluding hydrogens is 442 g/mol. The Morgan fingerprint density at radius 2 is 1.91 bits per heavy atom. The van der Waals surface area contributed by atoms with E-state index in [0.717, 1.165) is 43.2 Å². The summed E-state index contributed by atoms with van der Waals surface area (Å²) in [6.07, 6.45) is 4.52. The van der Waals surface area contributed by atoms with Gasteiger partial charge in [0.25, 0.3) is 5.91 Å². The minimum Gasteiger partial charge on any atom is -0.450 e. The van der Waals surface area contributed by atoms with Crippen LogP contribution in [0.5, 0.6) is 0 Å². The van der Waals surface area contributed by atoms with Crippen LogP contribution >= 0.6 is 11.6 Å². The van der Waals surface area contributed by atoms with E-state index in [0.29, 0.717) is 22.2 Å². The highest BCUT2D eigenvalue weighted by Gasteiger charge is 2.45. The molecule has 1 spiro atoms. The summed E-state index contributed by atoms with van der Waals surface area (Å²) in [7, 11) is 0. The minimum atomic E-state index is -0.662. The first-order valence-electron chi connectivity index (χ1n) is 11.2. The highest BCUT2D eigenvalue weighted by Crippen LogP contribution is 2.51. The van der Waals surface area contributed by atoms with Crippen LogP contribution in [0.2, 0.25) is 0 Å². The molecule has 5 N–H and O–H groups in total. The fourth-order valence-corrected chi connectivity index (χ4v) is 5.74. The number of hydrogen-bond acceptors (Lipinski definition) is 4. The fraction of sp³-hybridized carbons (Fsp3) is 0.360. The maximum atomic E-state index is 12.8. The molecule has 2 atom stereocenters. The third-order valence-corrected chi connectivity index (χ3v) is 7.48. The first-order valence-corrected chi connectivity index (χ1v) is 11.7. The van der Waals surface area contributed by atoms with Gasteiger partial charge in [-0.05, 0) is 36.1 Å².